The first-order valence-electron chi connectivity index (χ1n) is 8.59. The van der Waals surface area contributed by atoms with Crippen molar-refractivity contribution in [2.45, 2.75) is 13.8 Å². The van der Waals surface area contributed by atoms with Gasteiger partial charge in [0.15, 0.2) is 0 Å². The molecule has 5 heteroatoms. The van der Waals surface area contributed by atoms with E-state index in [9.17, 15) is 4.79 Å². The largest absolute Gasteiger partial charge is 0.497 e. The molecule has 132 valence electrons. The maximum absolute atomic E-state index is 12.5. The minimum absolute atomic E-state index is 0.0300. The lowest BCUT2D eigenvalue weighted by molar-refractivity contribution is 0.208. The van der Waals surface area contributed by atoms with Crippen LogP contribution in [0.2, 0.25) is 0 Å². The molecule has 2 aromatic rings. The molecule has 0 bridgehead atoms. The molecule has 1 N–H and O–H groups in total. The number of hydrogen-bond acceptors (Lipinski definition) is 3. The van der Waals surface area contributed by atoms with E-state index in [4.69, 9.17) is 4.74 Å². The summed E-state index contributed by atoms with van der Waals surface area (Å²) in [5.74, 6) is 0.857. The maximum Gasteiger partial charge on any atom is 0.321 e. The summed E-state index contributed by atoms with van der Waals surface area (Å²) >= 11 is 0. The highest BCUT2D eigenvalue weighted by molar-refractivity contribution is 5.89. The number of hydrogen-bond donors (Lipinski definition) is 1. The Labute approximate surface area is 149 Å². The third-order valence-electron chi connectivity index (χ3n) is 4.76. The fourth-order valence-electron chi connectivity index (χ4n) is 2.98. The topological polar surface area (TPSA) is 44.8 Å². The van der Waals surface area contributed by atoms with Crippen LogP contribution in [0.4, 0.5) is 16.2 Å². The Morgan fingerprint density at radius 3 is 2.24 bits per heavy atom. The lowest BCUT2D eigenvalue weighted by Crippen LogP contribution is -2.50. The number of carbonyl (C=O) groups excluding carboxylic acids is 1. The molecular formula is C20H25N3O2. The number of methoxy groups -OCH3 is 1. The van der Waals surface area contributed by atoms with Gasteiger partial charge in [-0.25, -0.2) is 4.79 Å². The summed E-state index contributed by atoms with van der Waals surface area (Å²) in [5.41, 5.74) is 4.42. The highest BCUT2D eigenvalue weighted by Crippen LogP contribution is 2.21. The zero-order valence-electron chi connectivity index (χ0n) is 15.1. The number of ether oxygens (including phenoxy) is 1. The van der Waals surface area contributed by atoms with Crippen LogP contribution in [-0.2, 0) is 0 Å². The van der Waals surface area contributed by atoms with Crippen molar-refractivity contribution in [3.05, 3.63) is 53.6 Å². The summed E-state index contributed by atoms with van der Waals surface area (Å²) in [6, 6.07) is 14.0. The van der Waals surface area contributed by atoms with E-state index in [1.54, 1.807) is 7.11 Å². The average Bonchev–Trinajstić information content (AvgIpc) is 2.65. The number of benzene rings is 2. The van der Waals surface area contributed by atoms with Gasteiger partial charge in [-0.1, -0.05) is 6.07 Å². The molecule has 0 radical (unpaired) electrons. The molecular weight excluding hydrogens is 314 g/mol. The van der Waals surface area contributed by atoms with Crippen molar-refractivity contribution < 1.29 is 9.53 Å². The summed E-state index contributed by atoms with van der Waals surface area (Å²) in [6.07, 6.45) is 0. The van der Waals surface area contributed by atoms with E-state index in [1.807, 2.05) is 35.2 Å². The van der Waals surface area contributed by atoms with Crippen molar-refractivity contribution >= 4 is 17.4 Å². The second-order valence-corrected chi connectivity index (χ2v) is 6.40. The first kappa shape index (κ1) is 17.1. The van der Waals surface area contributed by atoms with Gasteiger partial charge in [0, 0.05) is 37.6 Å². The molecule has 25 heavy (non-hydrogen) atoms. The first-order chi connectivity index (χ1) is 12.1. The van der Waals surface area contributed by atoms with E-state index >= 15 is 0 Å². The van der Waals surface area contributed by atoms with Crippen LogP contribution in [0.25, 0.3) is 0 Å². The van der Waals surface area contributed by atoms with Gasteiger partial charge < -0.3 is 19.9 Å². The van der Waals surface area contributed by atoms with Crippen molar-refractivity contribution in [1.29, 1.82) is 0 Å². The van der Waals surface area contributed by atoms with Crippen LogP contribution in [0.5, 0.6) is 5.75 Å². The monoisotopic (exact) mass is 339 g/mol. The number of rotatable bonds is 3. The fourth-order valence-corrected chi connectivity index (χ4v) is 2.98. The molecule has 0 unspecified atom stereocenters. The molecule has 1 heterocycles. The normalized spacial score (nSPS) is 14.4. The van der Waals surface area contributed by atoms with Crippen molar-refractivity contribution in [2.75, 3.05) is 43.5 Å². The van der Waals surface area contributed by atoms with Crippen LogP contribution in [0.15, 0.2) is 42.5 Å². The van der Waals surface area contributed by atoms with E-state index in [0.29, 0.717) is 13.1 Å². The fraction of sp³-hybridized carbons (Fsp3) is 0.350. The second kappa shape index (κ2) is 7.47. The second-order valence-electron chi connectivity index (χ2n) is 6.40. The number of nitrogens with one attached hydrogen (secondary N) is 1. The molecule has 0 aliphatic carbocycles. The maximum atomic E-state index is 12.5. The lowest BCUT2D eigenvalue weighted by atomic mass is 10.1. The van der Waals surface area contributed by atoms with Gasteiger partial charge in [0.2, 0.25) is 0 Å². The number of amides is 2. The third kappa shape index (κ3) is 4.05. The van der Waals surface area contributed by atoms with Crippen molar-refractivity contribution in [2.24, 2.45) is 0 Å². The Kier molecular flexibility index (Phi) is 5.12. The van der Waals surface area contributed by atoms with E-state index < -0.39 is 0 Å². The number of piperazine rings is 1. The predicted molar refractivity (Wildman–Crippen MR) is 102 cm³/mol. The summed E-state index contributed by atoms with van der Waals surface area (Å²) in [7, 11) is 1.67. The summed E-state index contributed by atoms with van der Waals surface area (Å²) in [6.45, 7) is 7.20. The van der Waals surface area contributed by atoms with Gasteiger partial charge >= 0.3 is 6.03 Å². The van der Waals surface area contributed by atoms with Crippen molar-refractivity contribution in [3.63, 3.8) is 0 Å². The van der Waals surface area contributed by atoms with Gasteiger partial charge in [0.05, 0.1) is 7.11 Å². The number of urea groups is 1. The van der Waals surface area contributed by atoms with Crippen LogP contribution in [0, 0.1) is 13.8 Å². The van der Waals surface area contributed by atoms with Crippen LogP contribution in [0.1, 0.15) is 11.1 Å². The molecule has 5 nitrogen and oxygen atoms in total. The lowest BCUT2D eigenvalue weighted by Gasteiger charge is -2.36. The minimum atomic E-state index is -0.0300. The van der Waals surface area contributed by atoms with Gasteiger partial charge in [0.25, 0.3) is 0 Å². The van der Waals surface area contributed by atoms with Gasteiger partial charge in [-0.2, -0.15) is 0 Å². The molecule has 2 amide bonds. The highest BCUT2D eigenvalue weighted by Gasteiger charge is 2.21. The molecule has 0 atom stereocenters. The molecule has 0 saturated carbocycles. The van der Waals surface area contributed by atoms with Crippen LogP contribution in [-0.4, -0.2) is 44.2 Å². The number of nitrogens with zero attached hydrogens (tertiary/aromatic N) is 2. The number of aryl methyl sites for hydroxylation is 2. The van der Waals surface area contributed by atoms with Gasteiger partial charge in [-0.05, 0) is 61.4 Å². The molecule has 1 saturated heterocycles. The Morgan fingerprint density at radius 2 is 1.64 bits per heavy atom. The molecule has 3 rings (SSSR count). The Bertz CT molecular complexity index is 735. The van der Waals surface area contributed by atoms with Gasteiger partial charge in [-0.15, -0.1) is 0 Å². The van der Waals surface area contributed by atoms with Crippen LogP contribution in [0.3, 0.4) is 0 Å². The molecule has 0 spiro atoms. The zero-order valence-corrected chi connectivity index (χ0v) is 15.1. The highest BCUT2D eigenvalue weighted by atomic mass is 16.5. The van der Waals surface area contributed by atoms with Gasteiger partial charge in [0.1, 0.15) is 5.75 Å². The molecule has 1 fully saturated rings. The molecule has 1 aliphatic heterocycles. The minimum Gasteiger partial charge on any atom is -0.497 e. The van der Waals surface area contributed by atoms with Crippen molar-refractivity contribution in [3.8, 4) is 5.75 Å². The summed E-state index contributed by atoms with van der Waals surface area (Å²) < 4.78 is 5.20. The number of anilines is 2. The molecule has 0 aromatic heterocycles. The van der Waals surface area contributed by atoms with E-state index in [1.165, 1.54) is 11.1 Å². The summed E-state index contributed by atoms with van der Waals surface area (Å²) in [4.78, 5) is 16.6. The van der Waals surface area contributed by atoms with E-state index in [-0.39, 0.29) is 6.03 Å². The standard InChI is InChI=1S/C20H25N3O2/c1-15-4-5-17(14-16(15)2)21-20(24)23-12-10-22(11-13-23)18-6-8-19(25-3)9-7-18/h4-9,14H,10-13H2,1-3H3,(H,21,24). The Morgan fingerprint density at radius 1 is 0.960 bits per heavy atom. The third-order valence-corrected chi connectivity index (χ3v) is 4.76. The smallest absolute Gasteiger partial charge is 0.321 e. The van der Waals surface area contributed by atoms with Crippen LogP contribution < -0.4 is 15.0 Å². The summed E-state index contributed by atoms with van der Waals surface area (Å²) in [5, 5.41) is 3.00. The van der Waals surface area contributed by atoms with E-state index in [0.717, 1.165) is 30.2 Å². The van der Waals surface area contributed by atoms with Crippen molar-refractivity contribution in [1.82, 2.24) is 4.90 Å². The molecule has 1 aliphatic rings. The zero-order chi connectivity index (χ0) is 17.8. The van der Waals surface area contributed by atoms with Crippen LogP contribution >= 0.6 is 0 Å². The number of carbonyl (C=O) groups is 1. The molecule has 2 aromatic carbocycles. The predicted octanol–water partition coefficient (Wildman–Crippen LogP) is 3.67. The Balaban J connectivity index is 1.55. The first-order valence-corrected chi connectivity index (χ1v) is 8.59. The quantitative estimate of drug-likeness (QED) is 0.928. The van der Waals surface area contributed by atoms with E-state index in [2.05, 4.69) is 36.2 Å². The SMILES string of the molecule is COc1ccc(N2CCN(C(=O)Nc3ccc(C)c(C)c3)CC2)cc1. The average molecular weight is 339 g/mol. The van der Waals surface area contributed by atoms with Gasteiger partial charge in [-0.3, -0.25) is 0 Å². The Hall–Kier alpha value is -2.69.